The minimum absolute atomic E-state index is 0.0173. The zero-order chi connectivity index (χ0) is 21.6. The number of amides is 1. The largest absolute Gasteiger partial charge is 0.494 e. The first-order valence-electron chi connectivity index (χ1n) is 10.8. The van der Waals surface area contributed by atoms with Crippen LogP contribution in [0.4, 0.5) is 0 Å². The van der Waals surface area contributed by atoms with Gasteiger partial charge in [-0.3, -0.25) is 4.79 Å². The lowest BCUT2D eigenvalue weighted by atomic mass is 9.87. The Kier molecular flexibility index (Phi) is 6.41. The molecule has 0 aliphatic carbocycles. The van der Waals surface area contributed by atoms with Crippen molar-refractivity contribution in [1.29, 1.82) is 0 Å². The number of nitrogens with one attached hydrogen (secondary N) is 2. The highest BCUT2D eigenvalue weighted by molar-refractivity contribution is 5.88. The summed E-state index contributed by atoms with van der Waals surface area (Å²) in [6.45, 7) is 5.13. The van der Waals surface area contributed by atoms with E-state index in [0.29, 0.717) is 19.6 Å². The molecule has 0 saturated heterocycles. The molecule has 4 rings (SSSR count). The van der Waals surface area contributed by atoms with Crippen LogP contribution in [0.2, 0.25) is 0 Å². The van der Waals surface area contributed by atoms with E-state index >= 15 is 0 Å². The molecule has 0 fully saturated rings. The van der Waals surface area contributed by atoms with Crippen molar-refractivity contribution in [2.75, 3.05) is 6.61 Å². The molecule has 0 aliphatic heterocycles. The molecule has 160 valence electrons. The molecule has 5 heteroatoms. The molecule has 4 aromatic rings. The first-order valence-corrected chi connectivity index (χ1v) is 10.8. The number of carbonyl (C=O) groups excluding carboxylic acids is 1. The Bertz CT molecular complexity index is 1130. The van der Waals surface area contributed by atoms with Gasteiger partial charge in [0.15, 0.2) is 0 Å². The van der Waals surface area contributed by atoms with Gasteiger partial charge in [0.05, 0.1) is 19.4 Å². The third-order valence-corrected chi connectivity index (χ3v) is 5.61. The Labute approximate surface area is 182 Å². The standard InChI is InChI=1S/C26H28N2O3/c1-3-18-7-5-9-22-24(17-28-26(18)22)23(19-10-12-20(13-11-19)30-4-2)15-25(29)27-16-21-8-6-14-31-21/h5-14,17,23,28H,3-4,15-16H2,1-2H3,(H,27,29)/t23-/m1/s1. The van der Waals surface area contributed by atoms with Crippen LogP contribution < -0.4 is 10.1 Å². The number of rotatable bonds is 9. The Morgan fingerprint density at radius 3 is 2.65 bits per heavy atom. The quantitative estimate of drug-likeness (QED) is 0.375. The van der Waals surface area contributed by atoms with E-state index in [2.05, 4.69) is 47.6 Å². The van der Waals surface area contributed by atoms with E-state index in [4.69, 9.17) is 9.15 Å². The van der Waals surface area contributed by atoms with Crippen LogP contribution in [0.3, 0.4) is 0 Å². The summed E-state index contributed by atoms with van der Waals surface area (Å²) in [6.07, 6.45) is 4.96. The van der Waals surface area contributed by atoms with E-state index in [1.54, 1.807) is 6.26 Å². The summed E-state index contributed by atoms with van der Waals surface area (Å²) in [5.74, 6) is 1.48. The second kappa shape index (κ2) is 9.56. The Balaban J connectivity index is 1.64. The summed E-state index contributed by atoms with van der Waals surface area (Å²) in [7, 11) is 0. The molecule has 0 unspecified atom stereocenters. The van der Waals surface area contributed by atoms with E-state index in [9.17, 15) is 4.79 Å². The number of hydrogen-bond acceptors (Lipinski definition) is 3. The van der Waals surface area contributed by atoms with Crippen molar-refractivity contribution >= 4 is 16.8 Å². The summed E-state index contributed by atoms with van der Waals surface area (Å²) >= 11 is 0. The molecule has 2 aromatic heterocycles. The summed E-state index contributed by atoms with van der Waals surface area (Å²) < 4.78 is 10.9. The fourth-order valence-corrected chi connectivity index (χ4v) is 4.05. The summed E-state index contributed by atoms with van der Waals surface area (Å²) in [6, 6.07) is 18.1. The Morgan fingerprint density at radius 1 is 1.10 bits per heavy atom. The third-order valence-electron chi connectivity index (χ3n) is 5.61. The van der Waals surface area contributed by atoms with Crippen LogP contribution in [0.1, 0.15) is 48.6 Å². The van der Waals surface area contributed by atoms with Gasteiger partial charge in [-0.25, -0.2) is 0 Å². The molecule has 2 N–H and O–H groups in total. The lowest BCUT2D eigenvalue weighted by Crippen LogP contribution is -2.24. The highest BCUT2D eigenvalue weighted by atomic mass is 16.5. The summed E-state index contributed by atoms with van der Waals surface area (Å²) in [5, 5.41) is 4.15. The van der Waals surface area contributed by atoms with Crippen LogP contribution >= 0.6 is 0 Å². The fourth-order valence-electron chi connectivity index (χ4n) is 4.05. The zero-order valence-electron chi connectivity index (χ0n) is 18.0. The fraction of sp³-hybridized carbons (Fsp3) is 0.269. The van der Waals surface area contributed by atoms with Crippen molar-refractivity contribution in [3.63, 3.8) is 0 Å². The maximum atomic E-state index is 12.9. The molecular formula is C26H28N2O3. The highest BCUT2D eigenvalue weighted by Crippen LogP contribution is 2.35. The normalized spacial score (nSPS) is 12.1. The molecule has 0 bridgehead atoms. The zero-order valence-corrected chi connectivity index (χ0v) is 18.0. The van der Waals surface area contributed by atoms with Crippen molar-refractivity contribution in [2.45, 2.75) is 39.2 Å². The van der Waals surface area contributed by atoms with Gasteiger partial charge in [0.2, 0.25) is 5.91 Å². The first-order chi connectivity index (χ1) is 15.2. The molecule has 0 saturated carbocycles. The average Bonchev–Trinajstić information content (AvgIpc) is 3.47. The maximum Gasteiger partial charge on any atom is 0.221 e. The number of para-hydroxylation sites is 1. The van der Waals surface area contributed by atoms with Gasteiger partial charge in [-0.2, -0.15) is 0 Å². The molecule has 0 spiro atoms. The van der Waals surface area contributed by atoms with Gasteiger partial charge in [0.1, 0.15) is 11.5 Å². The second-order valence-electron chi connectivity index (χ2n) is 7.55. The summed E-state index contributed by atoms with van der Waals surface area (Å²) in [4.78, 5) is 16.3. The number of benzene rings is 2. The lowest BCUT2D eigenvalue weighted by Gasteiger charge is -2.18. The lowest BCUT2D eigenvalue weighted by molar-refractivity contribution is -0.121. The number of aromatic amines is 1. The van der Waals surface area contributed by atoms with Gasteiger partial charge in [-0.05, 0) is 54.3 Å². The van der Waals surface area contributed by atoms with Crippen molar-refractivity contribution in [3.05, 3.63) is 89.5 Å². The van der Waals surface area contributed by atoms with Gasteiger partial charge in [-0.1, -0.05) is 37.3 Å². The minimum Gasteiger partial charge on any atom is -0.494 e. The van der Waals surface area contributed by atoms with Crippen LogP contribution in [0.5, 0.6) is 5.75 Å². The van der Waals surface area contributed by atoms with E-state index in [1.807, 2.05) is 37.4 Å². The molecule has 5 nitrogen and oxygen atoms in total. The molecule has 1 amide bonds. The van der Waals surface area contributed by atoms with Gasteiger partial charge in [0, 0.05) is 29.4 Å². The second-order valence-corrected chi connectivity index (χ2v) is 7.55. The van der Waals surface area contributed by atoms with E-state index in [0.717, 1.165) is 40.0 Å². The smallest absolute Gasteiger partial charge is 0.221 e. The monoisotopic (exact) mass is 416 g/mol. The molecule has 31 heavy (non-hydrogen) atoms. The van der Waals surface area contributed by atoms with Crippen LogP contribution in [-0.2, 0) is 17.8 Å². The van der Waals surface area contributed by atoms with Crippen molar-refractivity contribution in [3.8, 4) is 5.75 Å². The van der Waals surface area contributed by atoms with E-state index in [-0.39, 0.29) is 11.8 Å². The number of hydrogen-bond donors (Lipinski definition) is 2. The summed E-state index contributed by atoms with van der Waals surface area (Å²) in [5.41, 5.74) is 4.63. The van der Waals surface area contributed by atoms with Gasteiger partial charge < -0.3 is 19.5 Å². The topological polar surface area (TPSA) is 67.3 Å². The number of H-pyrrole nitrogens is 1. The number of ether oxygens (including phenoxy) is 1. The van der Waals surface area contributed by atoms with E-state index < -0.39 is 0 Å². The molecule has 2 aromatic carbocycles. The third kappa shape index (κ3) is 4.66. The molecule has 0 aliphatic rings. The molecule has 1 atom stereocenters. The van der Waals surface area contributed by atoms with Crippen molar-refractivity contribution in [1.82, 2.24) is 10.3 Å². The van der Waals surface area contributed by atoms with E-state index in [1.165, 1.54) is 5.56 Å². The van der Waals surface area contributed by atoms with Crippen LogP contribution in [0.15, 0.2) is 71.5 Å². The molecule has 2 heterocycles. The molecular weight excluding hydrogens is 388 g/mol. The van der Waals surface area contributed by atoms with Gasteiger partial charge >= 0.3 is 0 Å². The van der Waals surface area contributed by atoms with Crippen molar-refractivity contribution in [2.24, 2.45) is 0 Å². The van der Waals surface area contributed by atoms with Gasteiger partial charge in [-0.15, -0.1) is 0 Å². The minimum atomic E-state index is -0.0758. The first kappa shape index (κ1) is 20.8. The molecule has 0 radical (unpaired) electrons. The number of carbonyl (C=O) groups is 1. The van der Waals surface area contributed by atoms with Crippen molar-refractivity contribution < 1.29 is 13.9 Å². The van der Waals surface area contributed by atoms with Crippen LogP contribution in [0, 0.1) is 0 Å². The number of aryl methyl sites for hydroxylation is 1. The van der Waals surface area contributed by atoms with Gasteiger partial charge in [0.25, 0.3) is 0 Å². The number of fused-ring (bicyclic) bond motifs is 1. The van der Waals surface area contributed by atoms with Crippen LogP contribution in [0.25, 0.3) is 10.9 Å². The predicted octanol–water partition coefficient (Wildman–Crippen LogP) is 5.56. The number of aromatic nitrogens is 1. The highest BCUT2D eigenvalue weighted by Gasteiger charge is 2.22. The predicted molar refractivity (Wildman–Crippen MR) is 122 cm³/mol. The maximum absolute atomic E-state index is 12.9. The Morgan fingerprint density at radius 2 is 1.94 bits per heavy atom. The SMILES string of the molecule is CCOc1ccc([C@@H](CC(=O)NCc2ccco2)c2c[nH]c3c(CC)cccc23)cc1. The average molecular weight is 417 g/mol. The Hall–Kier alpha value is -3.47. The van der Waals surface area contributed by atoms with Crippen LogP contribution in [-0.4, -0.2) is 17.5 Å². The number of furan rings is 1.